The van der Waals surface area contributed by atoms with Crippen LogP contribution in [0, 0.1) is 0 Å². The van der Waals surface area contributed by atoms with Crippen molar-refractivity contribution in [1.29, 1.82) is 0 Å². The monoisotopic (exact) mass is 250 g/mol. The van der Waals surface area contributed by atoms with E-state index in [1.54, 1.807) is 0 Å². The number of carbonyl (C=O) groups excluding carboxylic acids is 1. The molecule has 0 aromatic carbocycles. The van der Waals surface area contributed by atoms with Gasteiger partial charge in [-0.05, 0) is 6.92 Å². The van der Waals surface area contributed by atoms with Crippen molar-refractivity contribution in [3.63, 3.8) is 0 Å². The zero-order chi connectivity index (χ0) is 9.73. The summed E-state index contributed by atoms with van der Waals surface area (Å²) in [5.41, 5.74) is 0. The largest absolute Gasteiger partial charge is 0.348 e. The average molecular weight is 251 g/mol. The molecule has 1 saturated heterocycles. The fraction of sp³-hybridized carbons (Fsp3) is 0.889. The lowest BCUT2D eigenvalue weighted by atomic mass is 10.1. The van der Waals surface area contributed by atoms with Crippen molar-refractivity contribution < 1.29 is 14.3 Å². The van der Waals surface area contributed by atoms with E-state index in [9.17, 15) is 4.79 Å². The highest BCUT2D eigenvalue weighted by molar-refractivity contribution is 9.09. The Morgan fingerprint density at radius 2 is 2.00 bits per heavy atom. The van der Waals surface area contributed by atoms with E-state index in [0.717, 1.165) is 5.33 Å². The zero-order valence-corrected chi connectivity index (χ0v) is 9.43. The first-order valence-electron chi connectivity index (χ1n) is 4.52. The van der Waals surface area contributed by atoms with Crippen LogP contribution >= 0.6 is 15.9 Å². The Kier molecular flexibility index (Phi) is 4.35. The molecular formula is C9H15BrO3. The molecule has 1 rings (SSSR count). The third-order valence-electron chi connectivity index (χ3n) is 2.13. The molecule has 76 valence electrons. The Morgan fingerprint density at radius 1 is 1.38 bits per heavy atom. The van der Waals surface area contributed by atoms with Crippen LogP contribution in [0.5, 0.6) is 0 Å². The number of halogens is 1. The Balaban J connectivity index is 2.21. The lowest BCUT2D eigenvalue weighted by molar-refractivity contribution is -0.151. The van der Waals surface area contributed by atoms with Gasteiger partial charge in [0, 0.05) is 24.6 Å². The molecule has 1 aliphatic heterocycles. The van der Waals surface area contributed by atoms with Crippen molar-refractivity contribution in [2.24, 2.45) is 0 Å². The second-order valence-electron chi connectivity index (χ2n) is 3.31. The first-order valence-corrected chi connectivity index (χ1v) is 5.64. The number of carbonyl (C=O) groups is 1. The fourth-order valence-electron chi connectivity index (χ4n) is 1.30. The van der Waals surface area contributed by atoms with Crippen molar-refractivity contribution in [1.82, 2.24) is 0 Å². The zero-order valence-electron chi connectivity index (χ0n) is 7.85. The smallest absolute Gasteiger partial charge is 0.166 e. The predicted octanol–water partition coefficient (Wildman–Crippen LogP) is 1.88. The summed E-state index contributed by atoms with van der Waals surface area (Å²) in [5.74, 6) is -0.251. The van der Waals surface area contributed by atoms with Crippen LogP contribution in [0.1, 0.15) is 26.2 Å². The van der Waals surface area contributed by atoms with E-state index in [1.807, 2.05) is 6.92 Å². The van der Waals surface area contributed by atoms with E-state index in [4.69, 9.17) is 9.47 Å². The third kappa shape index (κ3) is 3.75. The summed E-state index contributed by atoms with van der Waals surface area (Å²) in [6.07, 6.45) is 1.80. The molecule has 0 amide bonds. The van der Waals surface area contributed by atoms with Crippen LogP contribution in [0.2, 0.25) is 0 Å². The summed E-state index contributed by atoms with van der Waals surface area (Å²) in [4.78, 5) is 11.2. The molecule has 0 bridgehead atoms. The maximum absolute atomic E-state index is 11.2. The van der Waals surface area contributed by atoms with E-state index in [0.29, 0.717) is 32.5 Å². The number of Topliss-reactive ketones (excluding diaryl/α,β-unsaturated/α-hetero) is 1. The lowest BCUT2D eigenvalue weighted by Gasteiger charge is -2.21. The topological polar surface area (TPSA) is 35.5 Å². The summed E-state index contributed by atoms with van der Waals surface area (Å²) < 4.78 is 10.8. The fourth-order valence-corrected chi connectivity index (χ4v) is 1.74. The Hall–Kier alpha value is 0.0700. The minimum atomic E-state index is -0.512. The standard InChI is InChI=1S/C9H15BrO3/c1-9(12-6-7-13-9)4-2-8(11)3-5-10/h2-7H2,1H3. The third-order valence-corrected chi connectivity index (χ3v) is 2.53. The Bertz CT molecular complexity index is 176. The van der Waals surface area contributed by atoms with Gasteiger partial charge in [0.1, 0.15) is 5.78 Å². The van der Waals surface area contributed by atoms with Gasteiger partial charge < -0.3 is 9.47 Å². The number of ketones is 1. The molecule has 3 nitrogen and oxygen atoms in total. The quantitative estimate of drug-likeness (QED) is 0.700. The Labute approximate surface area is 86.9 Å². The van der Waals surface area contributed by atoms with Crippen LogP contribution in [0.15, 0.2) is 0 Å². The molecular weight excluding hydrogens is 236 g/mol. The molecule has 0 unspecified atom stereocenters. The van der Waals surface area contributed by atoms with Gasteiger partial charge in [0.05, 0.1) is 13.2 Å². The van der Waals surface area contributed by atoms with Crippen LogP contribution in [-0.2, 0) is 14.3 Å². The Morgan fingerprint density at radius 3 is 2.54 bits per heavy atom. The van der Waals surface area contributed by atoms with Gasteiger partial charge in [0.15, 0.2) is 5.79 Å². The first-order chi connectivity index (χ1) is 6.16. The highest BCUT2D eigenvalue weighted by Crippen LogP contribution is 2.24. The summed E-state index contributed by atoms with van der Waals surface area (Å²) in [6.45, 7) is 3.17. The highest BCUT2D eigenvalue weighted by atomic mass is 79.9. The van der Waals surface area contributed by atoms with Crippen molar-refractivity contribution in [2.45, 2.75) is 32.0 Å². The van der Waals surface area contributed by atoms with Crippen molar-refractivity contribution in [3.8, 4) is 0 Å². The molecule has 0 aliphatic carbocycles. The summed E-state index contributed by atoms with van der Waals surface area (Å²) >= 11 is 3.23. The van der Waals surface area contributed by atoms with Crippen LogP contribution in [0.25, 0.3) is 0 Å². The van der Waals surface area contributed by atoms with Gasteiger partial charge >= 0.3 is 0 Å². The SMILES string of the molecule is CC1(CCC(=O)CCBr)OCCO1. The second kappa shape index (κ2) is 5.08. The number of alkyl halides is 1. The van der Waals surface area contributed by atoms with Gasteiger partial charge in [-0.1, -0.05) is 15.9 Å². The van der Waals surface area contributed by atoms with Crippen molar-refractivity contribution >= 4 is 21.7 Å². The maximum Gasteiger partial charge on any atom is 0.166 e. The molecule has 1 fully saturated rings. The van der Waals surface area contributed by atoms with Gasteiger partial charge in [0.25, 0.3) is 0 Å². The van der Waals surface area contributed by atoms with E-state index < -0.39 is 5.79 Å². The lowest BCUT2D eigenvalue weighted by Crippen LogP contribution is -2.26. The van der Waals surface area contributed by atoms with E-state index >= 15 is 0 Å². The van der Waals surface area contributed by atoms with Crippen molar-refractivity contribution in [3.05, 3.63) is 0 Å². The molecule has 0 aromatic heterocycles. The molecule has 0 radical (unpaired) electrons. The van der Waals surface area contributed by atoms with Crippen LogP contribution in [-0.4, -0.2) is 30.1 Å². The van der Waals surface area contributed by atoms with Crippen LogP contribution in [0.3, 0.4) is 0 Å². The molecule has 1 heterocycles. The molecule has 0 saturated carbocycles. The maximum atomic E-state index is 11.2. The van der Waals surface area contributed by atoms with Crippen LogP contribution < -0.4 is 0 Å². The molecule has 13 heavy (non-hydrogen) atoms. The van der Waals surface area contributed by atoms with Crippen LogP contribution in [0.4, 0.5) is 0 Å². The van der Waals surface area contributed by atoms with Gasteiger partial charge in [-0.3, -0.25) is 4.79 Å². The van der Waals surface area contributed by atoms with E-state index in [-0.39, 0.29) is 5.78 Å². The summed E-state index contributed by atoms with van der Waals surface area (Å²) in [6, 6.07) is 0. The summed E-state index contributed by atoms with van der Waals surface area (Å²) in [7, 11) is 0. The molecule has 0 atom stereocenters. The number of hydrogen-bond donors (Lipinski definition) is 0. The van der Waals surface area contributed by atoms with Crippen molar-refractivity contribution in [2.75, 3.05) is 18.5 Å². The predicted molar refractivity (Wildman–Crippen MR) is 53.0 cm³/mol. The van der Waals surface area contributed by atoms with E-state index in [2.05, 4.69) is 15.9 Å². The molecule has 1 aliphatic rings. The number of rotatable bonds is 5. The van der Waals surface area contributed by atoms with Gasteiger partial charge in [-0.25, -0.2) is 0 Å². The molecule has 0 N–H and O–H groups in total. The van der Waals surface area contributed by atoms with Gasteiger partial charge in [0.2, 0.25) is 0 Å². The number of hydrogen-bond acceptors (Lipinski definition) is 3. The molecule has 0 spiro atoms. The first kappa shape index (κ1) is 11.1. The van der Waals surface area contributed by atoms with E-state index in [1.165, 1.54) is 0 Å². The normalized spacial score (nSPS) is 20.5. The highest BCUT2D eigenvalue weighted by Gasteiger charge is 2.30. The minimum Gasteiger partial charge on any atom is -0.348 e. The number of ether oxygens (including phenoxy) is 2. The molecule has 0 aromatic rings. The minimum absolute atomic E-state index is 0.261. The van der Waals surface area contributed by atoms with Gasteiger partial charge in [-0.15, -0.1) is 0 Å². The second-order valence-corrected chi connectivity index (χ2v) is 4.10. The average Bonchev–Trinajstić information content (AvgIpc) is 2.51. The molecule has 4 heteroatoms. The van der Waals surface area contributed by atoms with Gasteiger partial charge in [-0.2, -0.15) is 0 Å². The summed E-state index contributed by atoms with van der Waals surface area (Å²) in [5, 5.41) is 0.740.